The number of rotatable bonds is 3. The lowest BCUT2D eigenvalue weighted by molar-refractivity contribution is -0.122. The van der Waals surface area contributed by atoms with Crippen LogP contribution in [0, 0.1) is 5.82 Å². The number of benzene rings is 2. The van der Waals surface area contributed by atoms with Crippen LogP contribution in [-0.4, -0.2) is 22.4 Å². The second-order valence-corrected chi connectivity index (χ2v) is 7.11. The van der Waals surface area contributed by atoms with Gasteiger partial charge in [-0.15, -0.1) is 0 Å². The number of carbonyl (C=O) groups excluding carboxylic acids is 3. The maximum atomic E-state index is 14.2. The van der Waals surface area contributed by atoms with E-state index in [1.165, 1.54) is 24.3 Å². The highest BCUT2D eigenvalue weighted by atomic mass is 79.9. The lowest BCUT2D eigenvalue weighted by Crippen LogP contribution is -2.54. The van der Waals surface area contributed by atoms with Gasteiger partial charge in [-0.25, -0.2) is 14.1 Å². The third-order valence-electron chi connectivity index (χ3n) is 4.35. The minimum absolute atomic E-state index is 0.226. The highest BCUT2D eigenvalue weighted by molar-refractivity contribution is 9.10. The smallest absolute Gasteiger partial charge is 0.317 e. The Morgan fingerprint density at radius 3 is 2.52 bits per heavy atom. The van der Waals surface area contributed by atoms with Crippen molar-refractivity contribution < 1.29 is 18.8 Å². The highest BCUT2D eigenvalue weighted by Crippen LogP contribution is 2.25. The van der Waals surface area contributed by atoms with E-state index < -0.39 is 23.7 Å². The van der Waals surface area contributed by atoms with Crippen molar-refractivity contribution in [3.63, 3.8) is 0 Å². The lowest BCUT2D eigenvalue weighted by atomic mass is 10.1. The SMILES string of the molecule is O=C1NC(=O)N(c2ccccc2F)C(=O)/C1=C/c1cccn1-c1cccc(Br)c1. The summed E-state index contributed by atoms with van der Waals surface area (Å²) in [7, 11) is 0. The Hall–Kier alpha value is -3.52. The molecule has 29 heavy (non-hydrogen) atoms. The first kappa shape index (κ1) is 18.8. The van der Waals surface area contributed by atoms with Crippen LogP contribution in [0.2, 0.25) is 0 Å². The van der Waals surface area contributed by atoms with Crippen LogP contribution in [0.1, 0.15) is 5.69 Å². The zero-order chi connectivity index (χ0) is 20.5. The Balaban J connectivity index is 1.77. The Bertz CT molecular complexity index is 1190. The first-order chi connectivity index (χ1) is 14.0. The summed E-state index contributed by atoms with van der Waals surface area (Å²) >= 11 is 3.41. The zero-order valence-electron chi connectivity index (χ0n) is 14.8. The number of amides is 4. The number of anilines is 1. The average molecular weight is 454 g/mol. The first-order valence-electron chi connectivity index (χ1n) is 8.55. The van der Waals surface area contributed by atoms with E-state index >= 15 is 0 Å². The van der Waals surface area contributed by atoms with Gasteiger partial charge in [0.1, 0.15) is 11.4 Å². The fourth-order valence-electron chi connectivity index (χ4n) is 3.03. The van der Waals surface area contributed by atoms with E-state index in [0.29, 0.717) is 10.6 Å². The number of nitrogens with zero attached hydrogens (tertiary/aromatic N) is 2. The molecule has 0 spiro atoms. The molecule has 0 aliphatic carbocycles. The number of imide groups is 2. The maximum Gasteiger partial charge on any atom is 0.336 e. The molecule has 0 bridgehead atoms. The van der Waals surface area contributed by atoms with Gasteiger partial charge in [0.15, 0.2) is 0 Å². The Labute approximate surface area is 173 Å². The number of hydrogen-bond acceptors (Lipinski definition) is 3. The van der Waals surface area contributed by atoms with E-state index in [-0.39, 0.29) is 11.3 Å². The summed E-state index contributed by atoms with van der Waals surface area (Å²) in [6, 6.07) is 15.3. The van der Waals surface area contributed by atoms with E-state index in [1.807, 2.05) is 24.3 Å². The summed E-state index contributed by atoms with van der Waals surface area (Å²) in [5.41, 5.74) is 0.852. The number of nitrogens with one attached hydrogen (secondary N) is 1. The van der Waals surface area contributed by atoms with E-state index in [1.54, 1.807) is 22.9 Å². The molecule has 0 unspecified atom stereocenters. The molecule has 3 aromatic rings. The molecular weight excluding hydrogens is 441 g/mol. The summed E-state index contributed by atoms with van der Waals surface area (Å²) in [6.45, 7) is 0. The van der Waals surface area contributed by atoms with Gasteiger partial charge in [0, 0.05) is 22.1 Å². The van der Waals surface area contributed by atoms with Crippen LogP contribution in [0.25, 0.3) is 11.8 Å². The third-order valence-corrected chi connectivity index (χ3v) is 4.85. The molecule has 4 rings (SSSR count). The zero-order valence-corrected chi connectivity index (χ0v) is 16.4. The molecule has 1 N–H and O–H groups in total. The summed E-state index contributed by atoms with van der Waals surface area (Å²) in [4.78, 5) is 38.1. The molecule has 2 aromatic carbocycles. The van der Waals surface area contributed by atoms with E-state index in [4.69, 9.17) is 0 Å². The van der Waals surface area contributed by atoms with Crippen LogP contribution in [0.3, 0.4) is 0 Å². The topological polar surface area (TPSA) is 71.4 Å². The van der Waals surface area contributed by atoms with Gasteiger partial charge in [-0.2, -0.15) is 0 Å². The minimum Gasteiger partial charge on any atom is -0.317 e. The number of aromatic nitrogens is 1. The standard InChI is InChI=1S/C21H13BrFN3O3/c22-13-5-3-6-14(11-13)25-10-4-7-15(25)12-16-19(27)24-21(29)26(20(16)28)18-9-2-1-8-17(18)23/h1-12H,(H,24,27,29)/b16-12+. The summed E-state index contributed by atoms with van der Waals surface area (Å²) in [5.74, 6) is -2.48. The van der Waals surface area contributed by atoms with Crippen LogP contribution in [0.4, 0.5) is 14.9 Å². The molecule has 1 saturated heterocycles. The monoisotopic (exact) mass is 453 g/mol. The van der Waals surface area contributed by atoms with Gasteiger partial charge in [-0.3, -0.25) is 14.9 Å². The predicted molar refractivity (Wildman–Crippen MR) is 109 cm³/mol. The maximum absolute atomic E-state index is 14.2. The normalized spacial score (nSPS) is 15.7. The Morgan fingerprint density at radius 2 is 1.76 bits per heavy atom. The van der Waals surface area contributed by atoms with Crippen LogP contribution >= 0.6 is 15.9 Å². The quantitative estimate of drug-likeness (QED) is 0.480. The number of hydrogen-bond donors (Lipinski definition) is 1. The summed E-state index contributed by atoms with van der Waals surface area (Å²) in [5, 5.41) is 2.09. The number of para-hydroxylation sites is 1. The highest BCUT2D eigenvalue weighted by Gasteiger charge is 2.38. The van der Waals surface area contributed by atoms with Gasteiger partial charge in [-0.1, -0.05) is 34.1 Å². The Kier molecular flexibility index (Phi) is 4.85. The third kappa shape index (κ3) is 3.50. The summed E-state index contributed by atoms with van der Waals surface area (Å²) < 4.78 is 16.8. The molecule has 0 radical (unpaired) electrons. The van der Waals surface area contributed by atoms with Gasteiger partial charge < -0.3 is 4.57 Å². The first-order valence-corrected chi connectivity index (χ1v) is 9.34. The molecule has 2 heterocycles. The van der Waals surface area contributed by atoms with Crippen LogP contribution in [0.15, 0.2) is 76.9 Å². The van der Waals surface area contributed by atoms with Gasteiger partial charge in [0.05, 0.1) is 5.69 Å². The molecule has 8 heteroatoms. The van der Waals surface area contributed by atoms with Gasteiger partial charge >= 0.3 is 6.03 Å². The summed E-state index contributed by atoms with van der Waals surface area (Å²) in [6.07, 6.45) is 3.15. The molecule has 0 atom stereocenters. The molecule has 1 aliphatic rings. The van der Waals surface area contributed by atoms with Crippen molar-refractivity contribution in [2.24, 2.45) is 0 Å². The van der Waals surface area contributed by atoms with E-state index in [2.05, 4.69) is 21.2 Å². The van der Waals surface area contributed by atoms with Gasteiger partial charge in [0.25, 0.3) is 11.8 Å². The van der Waals surface area contributed by atoms with E-state index in [9.17, 15) is 18.8 Å². The molecular formula is C21H13BrFN3O3. The van der Waals surface area contributed by atoms with E-state index in [0.717, 1.165) is 16.2 Å². The number of halogens is 2. The van der Waals surface area contributed by atoms with Crippen molar-refractivity contribution >= 4 is 45.5 Å². The second-order valence-electron chi connectivity index (χ2n) is 6.19. The second kappa shape index (κ2) is 7.48. The van der Waals surface area contributed by atoms with Crippen molar-refractivity contribution in [3.05, 3.63) is 88.4 Å². The van der Waals surface area contributed by atoms with Crippen molar-refractivity contribution in [1.29, 1.82) is 0 Å². The van der Waals surface area contributed by atoms with Crippen LogP contribution < -0.4 is 10.2 Å². The Morgan fingerprint density at radius 1 is 0.966 bits per heavy atom. The minimum atomic E-state index is -0.996. The molecule has 0 saturated carbocycles. The van der Waals surface area contributed by atoms with Gasteiger partial charge in [0.2, 0.25) is 0 Å². The predicted octanol–water partition coefficient (Wildman–Crippen LogP) is 4.05. The molecule has 1 aliphatic heterocycles. The molecule has 6 nitrogen and oxygen atoms in total. The van der Waals surface area contributed by atoms with Crippen LogP contribution in [0.5, 0.6) is 0 Å². The van der Waals surface area contributed by atoms with Crippen molar-refractivity contribution in [3.8, 4) is 5.69 Å². The number of carbonyl (C=O) groups is 3. The number of barbiturate groups is 1. The molecule has 4 amide bonds. The lowest BCUT2D eigenvalue weighted by Gasteiger charge is -2.26. The number of urea groups is 1. The van der Waals surface area contributed by atoms with Crippen molar-refractivity contribution in [2.45, 2.75) is 0 Å². The van der Waals surface area contributed by atoms with Gasteiger partial charge in [-0.05, 0) is 48.5 Å². The average Bonchev–Trinajstić information content (AvgIpc) is 3.15. The fraction of sp³-hybridized carbons (Fsp3) is 0. The molecule has 1 fully saturated rings. The van der Waals surface area contributed by atoms with Crippen molar-refractivity contribution in [2.75, 3.05) is 4.90 Å². The van der Waals surface area contributed by atoms with Crippen LogP contribution in [-0.2, 0) is 9.59 Å². The fourth-order valence-corrected chi connectivity index (χ4v) is 3.42. The molecule has 1 aromatic heterocycles. The molecule has 144 valence electrons. The largest absolute Gasteiger partial charge is 0.336 e. The van der Waals surface area contributed by atoms with Crippen molar-refractivity contribution in [1.82, 2.24) is 9.88 Å².